The van der Waals surface area contributed by atoms with Gasteiger partial charge in [0.2, 0.25) is 21.7 Å². The number of nitrogens with one attached hydrogen (secondary N) is 2. The van der Waals surface area contributed by atoms with Crippen LogP contribution in [0, 0.1) is 0 Å². The van der Waals surface area contributed by atoms with Gasteiger partial charge in [0.25, 0.3) is 0 Å². The first-order valence-electron chi connectivity index (χ1n) is 8.59. The fraction of sp³-hybridized carbons (Fsp3) is 0.211. The summed E-state index contributed by atoms with van der Waals surface area (Å²) in [6.07, 6.45) is -0.273. The van der Waals surface area contributed by atoms with E-state index in [1.807, 2.05) is 0 Å². The van der Waals surface area contributed by atoms with Crippen molar-refractivity contribution >= 4 is 56.6 Å². The molecule has 0 aliphatic heterocycles. The highest BCUT2D eigenvalue weighted by Gasteiger charge is 2.16. The molecule has 0 aliphatic rings. The molecule has 160 valence electrons. The molecule has 11 heteroatoms. The number of carbonyl (C=O) groups is 3. The van der Waals surface area contributed by atoms with Crippen molar-refractivity contribution in [3.8, 4) is 0 Å². The van der Waals surface area contributed by atoms with E-state index >= 15 is 0 Å². The molecule has 0 heterocycles. The summed E-state index contributed by atoms with van der Waals surface area (Å²) in [5.41, 5.74) is 0.618. The third-order valence-electron chi connectivity index (χ3n) is 3.70. The Balaban J connectivity index is 1.81. The van der Waals surface area contributed by atoms with Gasteiger partial charge >= 0.3 is 5.97 Å². The molecule has 2 aromatic rings. The highest BCUT2D eigenvalue weighted by molar-refractivity contribution is 7.89. The van der Waals surface area contributed by atoms with Crippen molar-refractivity contribution in [1.82, 2.24) is 4.72 Å². The second-order valence-corrected chi connectivity index (χ2v) is 8.67. The number of rotatable bonds is 9. The number of Topliss-reactive ketones (excluding diaryl/α,β-unsaturated/α-hetero) is 1. The molecular formula is C19H18Cl2N2O6S. The molecule has 0 fully saturated rings. The van der Waals surface area contributed by atoms with E-state index < -0.39 is 28.4 Å². The molecule has 0 saturated carbocycles. The van der Waals surface area contributed by atoms with Crippen LogP contribution in [0.5, 0.6) is 0 Å². The molecular weight excluding hydrogens is 455 g/mol. The predicted molar refractivity (Wildman–Crippen MR) is 112 cm³/mol. The predicted octanol–water partition coefficient (Wildman–Crippen LogP) is 3.05. The van der Waals surface area contributed by atoms with Gasteiger partial charge in [-0.2, -0.15) is 0 Å². The van der Waals surface area contributed by atoms with Gasteiger partial charge in [0.1, 0.15) is 0 Å². The minimum absolute atomic E-state index is 0.0301. The van der Waals surface area contributed by atoms with Gasteiger partial charge in [0.05, 0.1) is 16.3 Å². The first-order valence-corrected chi connectivity index (χ1v) is 10.8. The van der Waals surface area contributed by atoms with Crippen molar-refractivity contribution in [2.45, 2.75) is 18.2 Å². The third-order valence-corrected chi connectivity index (χ3v) is 5.73. The zero-order valence-electron chi connectivity index (χ0n) is 15.8. The zero-order valence-corrected chi connectivity index (χ0v) is 18.1. The monoisotopic (exact) mass is 472 g/mol. The Labute approximate surface area is 183 Å². The van der Waals surface area contributed by atoms with Crippen LogP contribution in [0.3, 0.4) is 0 Å². The SMILES string of the molecule is CC(=O)Nc1ccc(S(=O)(=O)NCCC(=O)OCC(=O)c2ccc(Cl)cc2Cl)cc1. The molecule has 0 unspecified atom stereocenters. The number of carbonyl (C=O) groups excluding carboxylic acids is 3. The lowest BCUT2D eigenvalue weighted by atomic mass is 10.1. The lowest BCUT2D eigenvalue weighted by Crippen LogP contribution is -2.27. The van der Waals surface area contributed by atoms with Gasteiger partial charge in [0, 0.05) is 29.7 Å². The van der Waals surface area contributed by atoms with Crippen molar-refractivity contribution < 1.29 is 27.5 Å². The Morgan fingerprint density at radius 3 is 2.30 bits per heavy atom. The normalized spacial score (nSPS) is 11.0. The van der Waals surface area contributed by atoms with E-state index in [9.17, 15) is 22.8 Å². The average Bonchev–Trinajstić information content (AvgIpc) is 2.66. The number of benzene rings is 2. The number of hydrogen-bond acceptors (Lipinski definition) is 6. The minimum Gasteiger partial charge on any atom is -0.457 e. The first kappa shape index (κ1) is 23.8. The van der Waals surface area contributed by atoms with Crippen LogP contribution in [-0.2, 0) is 24.3 Å². The van der Waals surface area contributed by atoms with Gasteiger partial charge in [-0.1, -0.05) is 23.2 Å². The first-order chi connectivity index (χ1) is 14.1. The van der Waals surface area contributed by atoms with Crippen LogP contribution in [0.15, 0.2) is 47.4 Å². The molecule has 2 N–H and O–H groups in total. The average molecular weight is 473 g/mol. The van der Waals surface area contributed by atoms with Crippen LogP contribution in [0.25, 0.3) is 0 Å². The van der Waals surface area contributed by atoms with Gasteiger partial charge in [-0.3, -0.25) is 14.4 Å². The summed E-state index contributed by atoms with van der Waals surface area (Å²) in [7, 11) is -3.85. The number of ether oxygens (including phenoxy) is 1. The van der Waals surface area contributed by atoms with E-state index in [2.05, 4.69) is 10.0 Å². The van der Waals surface area contributed by atoms with E-state index in [0.717, 1.165) is 0 Å². The van der Waals surface area contributed by atoms with Crippen molar-refractivity contribution in [1.29, 1.82) is 0 Å². The van der Waals surface area contributed by atoms with Crippen LogP contribution >= 0.6 is 23.2 Å². The van der Waals surface area contributed by atoms with Crippen LogP contribution in [0.4, 0.5) is 5.69 Å². The number of hydrogen-bond donors (Lipinski definition) is 2. The maximum Gasteiger partial charge on any atom is 0.307 e. The Bertz CT molecular complexity index is 1060. The van der Waals surface area contributed by atoms with Crippen LogP contribution in [-0.4, -0.2) is 39.2 Å². The number of halogens is 2. The second kappa shape index (κ2) is 10.5. The Kier molecular flexibility index (Phi) is 8.36. The van der Waals surface area contributed by atoms with E-state index in [1.165, 1.54) is 49.4 Å². The van der Waals surface area contributed by atoms with Gasteiger partial charge < -0.3 is 10.1 Å². The molecule has 0 radical (unpaired) electrons. The van der Waals surface area contributed by atoms with Crippen molar-refractivity contribution in [3.63, 3.8) is 0 Å². The standard InChI is InChI=1S/C19H18Cl2N2O6S/c1-12(24)23-14-3-5-15(6-4-14)30(27,28)22-9-8-19(26)29-11-18(25)16-7-2-13(20)10-17(16)21/h2-7,10,22H,8-9,11H2,1H3,(H,23,24). The molecule has 30 heavy (non-hydrogen) atoms. The molecule has 0 saturated heterocycles. The van der Waals surface area contributed by atoms with E-state index in [0.29, 0.717) is 10.7 Å². The summed E-state index contributed by atoms with van der Waals surface area (Å²) in [5, 5.41) is 3.03. The Morgan fingerprint density at radius 1 is 1.03 bits per heavy atom. The number of esters is 1. The maximum absolute atomic E-state index is 12.2. The van der Waals surface area contributed by atoms with E-state index in [1.54, 1.807) is 0 Å². The molecule has 0 aromatic heterocycles. The molecule has 8 nitrogen and oxygen atoms in total. The topological polar surface area (TPSA) is 119 Å². The van der Waals surface area contributed by atoms with E-state index in [4.69, 9.17) is 27.9 Å². The van der Waals surface area contributed by atoms with Crippen LogP contribution in [0.2, 0.25) is 10.0 Å². The lowest BCUT2D eigenvalue weighted by Gasteiger charge is -2.09. The maximum atomic E-state index is 12.2. The molecule has 0 atom stereocenters. The van der Waals surface area contributed by atoms with Crippen LogP contribution < -0.4 is 10.0 Å². The fourth-order valence-corrected chi connectivity index (χ4v) is 3.85. The largest absolute Gasteiger partial charge is 0.457 e. The summed E-state index contributed by atoms with van der Waals surface area (Å²) in [6, 6.07) is 9.83. The molecule has 1 amide bonds. The Morgan fingerprint density at radius 2 is 1.70 bits per heavy atom. The summed E-state index contributed by atoms with van der Waals surface area (Å²) in [6.45, 7) is 0.588. The summed E-state index contributed by atoms with van der Waals surface area (Å²) >= 11 is 11.7. The number of anilines is 1. The second-order valence-electron chi connectivity index (χ2n) is 6.06. The molecule has 2 rings (SSSR count). The van der Waals surface area contributed by atoms with Crippen molar-refractivity contribution in [2.75, 3.05) is 18.5 Å². The van der Waals surface area contributed by atoms with E-state index in [-0.39, 0.29) is 34.4 Å². The molecule has 0 bridgehead atoms. The smallest absolute Gasteiger partial charge is 0.307 e. The minimum atomic E-state index is -3.85. The van der Waals surface area contributed by atoms with Gasteiger partial charge in [-0.25, -0.2) is 13.1 Å². The Hall–Kier alpha value is -2.46. The highest BCUT2D eigenvalue weighted by Crippen LogP contribution is 2.21. The van der Waals surface area contributed by atoms with Crippen molar-refractivity contribution in [3.05, 3.63) is 58.1 Å². The molecule has 0 aliphatic carbocycles. The zero-order chi connectivity index (χ0) is 22.3. The molecule has 0 spiro atoms. The van der Waals surface area contributed by atoms with Gasteiger partial charge in [0.15, 0.2) is 6.61 Å². The van der Waals surface area contributed by atoms with Gasteiger partial charge in [-0.05, 0) is 42.5 Å². The van der Waals surface area contributed by atoms with Crippen molar-refractivity contribution in [2.24, 2.45) is 0 Å². The number of ketones is 1. The fourth-order valence-electron chi connectivity index (χ4n) is 2.30. The van der Waals surface area contributed by atoms with Gasteiger partial charge in [-0.15, -0.1) is 0 Å². The summed E-state index contributed by atoms with van der Waals surface area (Å²) < 4.78 is 31.6. The molecule has 2 aromatic carbocycles. The third kappa shape index (κ3) is 7.10. The summed E-state index contributed by atoms with van der Waals surface area (Å²) in [4.78, 5) is 34.8. The number of sulfonamides is 1. The summed E-state index contributed by atoms with van der Waals surface area (Å²) in [5.74, 6) is -1.54. The highest BCUT2D eigenvalue weighted by atomic mass is 35.5. The quantitative estimate of drug-likeness (QED) is 0.427. The van der Waals surface area contributed by atoms with Crippen LogP contribution in [0.1, 0.15) is 23.7 Å². The lowest BCUT2D eigenvalue weighted by molar-refractivity contribution is -0.142. The number of amides is 1.